The van der Waals surface area contributed by atoms with Gasteiger partial charge < -0.3 is 16.0 Å². The fourth-order valence-corrected chi connectivity index (χ4v) is 2.17. The minimum Gasteiger partial charge on any atom is -0.370 e. The topological polar surface area (TPSA) is 61.9 Å². The van der Waals surface area contributed by atoms with E-state index in [1.54, 1.807) is 0 Å². The van der Waals surface area contributed by atoms with Crippen LogP contribution in [0.3, 0.4) is 0 Å². The molecule has 5 heteroatoms. The molecule has 2 rings (SSSR count). The molecule has 1 aliphatic heterocycles. The van der Waals surface area contributed by atoms with Crippen LogP contribution in [0.25, 0.3) is 0 Å². The summed E-state index contributed by atoms with van der Waals surface area (Å²) in [5.41, 5.74) is 0. The first-order valence-corrected chi connectivity index (χ1v) is 6.84. The third kappa shape index (κ3) is 3.84. The monoisotopic (exact) mass is 249 g/mol. The number of aryl methyl sites for hydroxylation is 1. The summed E-state index contributed by atoms with van der Waals surface area (Å²) in [6.45, 7) is 7.17. The summed E-state index contributed by atoms with van der Waals surface area (Å²) in [6.07, 6.45) is 3.52. The Morgan fingerprint density at radius 2 is 2.22 bits per heavy atom. The van der Waals surface area contributed by atoms with Crippen LogP contribution in [0, 0.1) is 6.92 Å². The zero-order chi connectivity index (χ0) is 12.8. The molecule has 1 fully saturated rings. The van der Waals surface area contributed by atoms with Gasteiger partial charge in [-0.3, -0.25) is 0 Å². The zero-order valence-electron chi connectivity index (χ0n) is 11.3. The lowest BCUT2D eigenvalue weighted by Crippen LogP contribution is -2.38. The van der Waals surface area contributed by atoms with Crippen LogP contribution in [-0.2, 0) is 0 Å². The molecular formula is C13H23N5. The predicted octanol–water partition coefficient (Wildman–Crippen LogP) is 1.77. The van der Waals surface area contributed by atoms with E-state index in [9.17, 15) is 0 Å². The summed E-state index contributed by atoms with van der Waals surface area (Å²) in [4.78, 5) is 8.83. The van der Waals surface area contributed by atoms with Crippen LogP contribution in [-0.4, -0.2) is 35.6 Å². The summed E-state index contributed by atoms with van der Waals surface area (Å²) in [5.74, 6) is 2.65. The van der Waals surface area contributed by atoms with Gasteiger partial charge in [-0.1, -0.05) is 6.92 Å². The number of aromatic nitrogens is 2. The molecule has 5 nitrogen and oxygen atoms in total. The van der Waals surface area contributed by atoms with Crippen molar-refractivity contribution in [1.29, 1.82) is 0 Å². The Morgan fingerprint density at radius 3 is 2.94 bits per heavy atom. The van der Waals surface area contributed by atoms with Crippen molar-refractivity contribution in [2.75, 3.05) is 30.3 Å². The zero-order valence-corrected chi connectivity index (χ0v) is 11.3. The third-order valence-electron chi connectivity index (χ3n) is 3.04. The molecule has 0 bridgehead atoms. The molecule has 100 valence electrons. The molecule has 3 N–H and O–H groups in total. The summed E-state index contributed by atoms with van der Waals surface area (Å²) in [7, 11) is 0. The van der Waals surface area contributed by atoms with Crippen molar-refractivity contribution < 1.29 is 0 Å². The van der Waals surface area contributed by atoms with E-state index in [4.69, 9.17) is 0 Å². The lowest BCUT2D eigenvalue weighted by Gasteiger charge is -2.24. The van der Waals surface area contributed by atoms with Crippen molar-refractivity contribution in [2.45, 2.75) is 39.2 Å². The van der Waals surface area contributed by atoms with Crippen molar-refractivity contribution in [2.24, 2.45) is 0 Å². The van der Waals surface area contributed by atoms with Crippen LogP contribution >= 0.6 is 0 Å². The summed E-state index contributed by atoms with van der Waals surface area (Å²) < 4.78 is 0. The van der Waals surface area contributed by atoms with Crippen molar-refractivity contribution in [1.82, 2.24) is 15.3 Å². The van der Waals surface area contributed by atoms with Gasteiger partial charge in [-0.2, -0.15) is 0 Å². The third-order valence-corrected chi connectivity index (χ3v) is 3.04. The normalized spacial score (nSPS) is 19.6. The molecule has 2 heterocycles. The number of piperidine rings is 1. The number of anilines is 2. The van der Waals surface area contributed by atoms with Gasteiger partial charge in [-0.05, 0) is 32.7 Å². The molecule has 0 aromatic carbocycles. The highest BCUT2D eigenvalue weighted by atomic mass is 15.1. The first kappa shape index (κ1) is 13.1. The van der Waals surface area contributed by atoms with E-state index in [2.05, 4.69) is 32.8 Å². The highest BCUT2D eigenvalue weighted by molar-refractivity contribution is 5.48. The van der Waals surface area contributed by atoms with Crippen LogP contribution < -0.4 is 16.0 Å². The standard InChI is InChI=1S/C13H23N5/c1-3-6-15-12-8-13(17-10(2)16-12)18-11-5-4-7-14-9-11/h8,11,14H,3-7,9H2,1-2H3,(H2,15,16,17,18). The van der Waals surface area contributed by atoms with E-state index in [1.807, 2.05) is 13.0 Å². The predicted molar refractivity (Wildman–Crippen MR) is 75.1 cm³/mol. The van der Waals surface area contributed by atoms with Gasteiger partial charge >= 0.3 is 0 Å². The Bertz CT molecular complexity index is 374. The largest absolute Gasteiger partial charge is 0.370 e. The SMILES string of the molecule is CCCNc1cc(NC2CCCNC2)nc(C)n1. The fraction of sp³-hybridized carbons (Fsp3) is 0.692. The average molecular weight is 249 g/mol. The number of nitrogens with one attached hydrogen (secondary N) is 3. The van der Waals surface area contributed by atoms with Crippen LogP contribution in [0.5, 0.6) is 0 Å². The van der Waals surface area contributed by atoms with Gasteiger partial charge in [0.15, 0.2) is 0 Å². The minimum absolute atomic E-state index is 0.479. The minimum atomic E-state index is 0.479. The van der Waals surface area contributed by atoms with E-state index < -0.39 is 0 Å². The molecule has 0 radical (unpaired) electrons. The Morgan fingerprint density at radius 1 is 1.39 bits per heavy atom. The maximum Gasteiger partial charge on any atom is 0.132 e. The van der Waals surface area contributed by atoms with Crippen molar-refractivity contribution in [3.05, 3.63) is 11.9 Å². The van der Waals surface area contributed by atoms with Crippen LogP contribution in [0.4, 0.5) is 11.6 Å². The second-order valence-electron chi connectivity index (χ2n) is 4.80. The highest BCUT2D eigenvalue weighted by Gasteiger charge is 2.13. The Balaban J connectivity index is 1.99. The van der Waals surface area contributed by atoms with E-state index in [1.165, 1.54) is 12.8 Å². The summed E-state index contributed by atoms with van der Waals surface area (Å²) >= 11 is 0. The fourth-order valence-electron chi connectivity index (χ4n) is 2.17. The molecular weight excluding hydrogens is 226 g/mol. The lowest BCUT2D eigenvalue weighted by atomic mass is 10.1. The van der Waals surface area contributed by atoms with Crippen LogP contribution in [0.2, 0.25) is 0 Å². The molecule has 1 aliphatic rings. The second kappa shape index (κ2) is 6.54. The molecule has 1 aromatic heterocycles. The van der Waals surface area contributed by atoms with Gasteiger partial charge in [-0.15, -0.1) is 0 Å². The van der Waals surface area contributed by atoms with E-state index in [0.717, 1.165) is 43.5 Å². The first-order valence-electron chi connectivity index (χ1n) is 6.84. The highest BCUT2D eigenvalue weighted by Crippen LogP contribution is 2.14. The molecule has 0 spiro atoms. The number of nitrogens with zero attached hydrogens (tertiary/aromatic N) is 2. The van der Waals surface area contributed by atoms with Crippen molar-refractivity contribution in [3.8, 4) is 0 Å². The Hall–Kier alpha value is -1.36. The maximum absolute atomic E-state index is 4.45. The van der Waals surface area contributed by atoms with Crippen molar-refractivity contribution >= 4 is 11.6 Å². The van der Waals surface area contributed by atoms with E-state index in [-0.39, 0.29) is 0 Å². The quantitative estimate of drug-likeness (QED) is 0.742. The Labute approximate surface area is 109 Å². The maximum atomic E-state index is 4.45. The van der Waals surface area contributed by atoms with Gasteiger partial charge in [0.05, 0.1) is 0 Å². The number of hydrogen-bond donors (Lipinski definition) is 3. The first-order chi connectivity index (χ1) is 8.78. The molecule has 18 heavy (non-hydrogen) atoms. The van der Waals surface area contributed by atoms with Crippen LogP contribution in [0.1, 0.15) is 32.0 Å². The Kier molecular flexibility index (Phi) is 4.75. The lowest BCUT2D eigenvalue weighted by molar-refractivity contribution is 0.479. The molecule has 0 saturated carbocycles. The molecule has 0 amide bonds. The summed E-state index contributed by atoms with van der Waals surface area (Å²) in [6, 6.07) is 2.48. The van der Waals surface area contributed by atoms with E-state index in [0.29, 0.717) is 6.04 Å². The average Bonchev–Trinajstić information content (AvgIpc) is 2.37. The van der Waals surface area contributed by atoms with Gasteiger partial charge in [0, 0.05) is 25.2 Å². The molecule has 1 saturated heterocycles. The van der Waals surface area contributed by atoms with Crippen molar-refractivity contribution in [3.63, 3.8) is 0 Å². The molecule has 1 unspecified atom stereocenters. The molecule has 0 aliphatic carbocycles. The smallest absolute Gasteiger partial charge is 0.132 e. The summed E-state index contributed by atoms with van der Waals surface area (Å²) in [5, 5.41) is 10.2. The number of rotatable bonds is 5. The van der Waals surface area contributed by atoms with E-state index >= 15 is 0 Å². The number of hydrogen-bond acceptors (Lipinski definition) is 5. The van der Waals surface area contributed by atoms with Gasteiger partial charge in [-0.25, -0.2) is 9.97 Å². The van der Waals surface area contributed by atoms with Gasteiger partial charge in [0.1, 0.15) is 17.5 Å². The second-order valence-corrected chi connectivity index (χ2v) is 4.80. The van der Waals surface area contributed by atoms with Crippen LogP contribution in [0.15, 0.2) is 6.07 Å². The molecule has 1 aromatic rings. The van der Waals surface area contributed by atoms with Gasteiger partial charge in [0.25, 0.3) is 0 Å². The van der Waals surface area contributed by atoms with Gasteiger partial charge in [0.2, 0.25) is 0 Å². The molecule has 1 atom stereocenters.